The number of thioether (sulfide) groups is 1. The van der Waals surface area contributed by atoms with Gasteiger partial charge < -0.3 is 11.5 Å². The summed E-state index contributed by atoms with van der Waals surface area (Å²) in [6, 6.07) is 3.82. The first-order valence-corrected chi connectivity index (χ1v) is 4.57. The highest BCUT2D eigenvalue weighted by Crippen LogP contribution is 2.26. The molecule has 1 rings (SSSR count). The Labute approximate surface area is 71.0 Å². The summed E-state index contributed by atoms with van der Waals surface area (Å²) >= 11 is 1.68. The van der Waals surface area contributed by atoms with E-state index in [9.17, 15) is 0 Å². The largest absolute Gasteiger partial charge is 0.397 e. The summed E-state index contributed by atoms with van der Waals surface area (Å²) in [5, 5.41) is 0. The van der Waals surface area contributed by atoms with Crippen molar-refractivity contribution in [2.75, 3.05) is 17.7 Å². The van der Waals surface area contributed by atoms with Gasteiger partial charge in [-0.1, -0.05) is 0 Å². The maximum Gasteiger partial charge on any atom is 0.0559 e. The topological polar surface area (TPSA) is 52.0 Å². The third kappa shape index (κ3) is 1.60. The molecule has 11 heavy (non-hydrogen) atoms. The number of nitrogens with two attached hydrogens (primary N) is 2. The van der Waals surface area contributed by atoms with Crippen molar-refractivity contribution in [2.24, 2.45) is 0 Å². The Morgan fingerprint density at radius 3 is 2.27 bits per heavy atom. The zero-order valence-electron chi connectivity index (χ0n) is 6.72. The van der Waals surface area contributed by atoms with E-state index in [1.54, 1.807) is 11.8 Å². The van der Waals surface area contributed by atoms with Gasteiger partial charge in [-0.25, -0.2) is 0 Å². The Hall–Kier alpha value is -0.830. The van der Waals surface area contributed by atoms with E-state index < -0.39 is 0 Å². The molecule has 0 saturated heterocycles. The van der Waals surface area contributed by atoms with Crippen LogP contribution in [0.25, 0.3) is 0 Å². The van der Waals surface area contributed by atoms with E-state index in [0.29, 0.717) is 11.4 Å². The second kappa shape index (κ2) is 3.05. The van der Waals surface area contributed by atoms with Gasteiger partial charge in [-0.15, -0.1) is 11.8 Å². The second-order valence-electron chi connectivity index (χ2n) is 2.45. The summed E-state index contributed by atoms with van der Waals surface area (Å²) in [6.07, 6.45) is 2.03. The maximum atomic E-state index is 5.63. The smallest absolute Gasteiger partial charge is 0.0559 e. The first-order chi connectivity index (χ1) is 5.15. The van der Waals surface area contributed by atoms with Crippen LogP contribution in [0.5, 0.6) is 0 Å². The van der Waals surface area contributed by atoms with Gasteiger partial charge >= 0.3 is 0 Å². The van der Waals surface area contributed by atoms with E-state index in [4.69, 9.17) is 11.5 Å². The van der Waals surface area contributed by atoms with Gasteiger partial charge in [0.15, 0.2) is 0 Å². The van der Waals surface area contributed by atoms with Gasteiger partial charge in [0, 0.05) is 4.90 Å². The summed E-state index contributed by atoms with van der Waals surface area (Å²) < 4.78 is 0. The van der Waals surface area contributed by atoms with Crippen molar-refractivity contribution in [2.45, 2.75) is 11.8 Å². The van der Waals surface area contributed by atoms with Crippen LogP contribution in [0.2, 0.25) is 0 Å². The molecule has 0 heterocycles. The quantitative estimate of drug-likeness (QED) is 0.497. The van der Waals surface area contributed by atoms with E-state index in [2.05, 4.69) is 0 Å². The molecule has 0 saturated carbocycles. The number of hydrogen-bond donors (Lipinski definition) is 2. The third-order valence-corrected chi connectivity index (χ3v) is 2.48. The molecule has 0 spiro atoms. The van der Waals surface area contributed by atoms with Crippen LogP contribution in [0.15, 0.2) is 17.0 Å². The zero-order valence-corrected chi connectivity index (χ0v) is 7.53. The number of hydrogen-bond acceptors (Lipinski definition) is 3. The molecule has 4 N–H and O–H groups in total. The number of anilines is 2. The third-order valence-electron chi connectivity index (χ3n) is 1.60. The SMILES string of the molecule is CSc1cc(N)c(N)cc1C. The van der Waals surface area contributed by atoms with Crippen LogP contribution < -0.4 is 11.5 Å². The minimum atomic E-state index is 0.667. The van der Waals surface area contributed by atoms with Crippen LogP contribution in [0.1, 0.15) is 5.56 Å². The van der Waals surface area contributed by atoms with Crippen molar-refractivity contribution < 1.29 is 0 Å². The number of nitrogen functional groups attached to an aromatic ring is 2. The molecule has 0 aliphatic carbocycles. The summed E-state index contributed by atoms with van der Waals surface area (Å²) in [5.41, 5.74) is 13.8. The van der Waals surface area contributed by atoms with Gasteiger partial charge in [0.2, 0.25) is 0 Å². The predicted octanol–water partition coefficient (Wildman–Crippen LogP) is 1.88. The fourth-order valence-electron chi connectivity index (χ4n) is 0.946. The first-order valence-electron chi connectivity index (χ1n) is 3.34. The van der Waals surface area contributed by atoms with Gasteiger partial charge in [-0.05, 0) is 30.9 Å². The van der Waals surface area contributed by atoms with Crippen molar-refractivity contribution in [1.29, 1.82) is 0 Å². The maximum absolute atomic E-state index is 5.63. The lowest BCUT2D eigenvalue weighted by Crippen LogP contribution is -1.95. The molecule has 2 nitrogen and oxygen atoms in total. The van der Waals surface area contributed by atoms with Crippen molar-refractivity contribution in [1.82, 2.24) is 0 Å². The highest BCUT2D eigenvalue weighted by atomic mass is 32.2. The minimum absolute atomic E-state index is 0.667. The number of benzene rings is 1. The Kier molecular flexibility index (Phi) is 2.29. The van der Waals surface area contributed by atoms with Crippen LogP contribution in [-0.2, 0) is 0 Å². The van der Waals surface area contributed by atoms with E-state index in [1.165, 1.54) is 10.5 Å². The molecule has 0 amide bonds. The molecule has 0 aliphatic rings. The zero-order chi connectivity index (χ0) is 8.43. The van der Waals surface area contributed by atoms with E-state index >= 15 is 0 Å². The fourth-order valence-corrected chi connectivity index (χ4v) is 1.57. The van der Waals surface area contributed by atoms with Crippen LogP contribution in [0, 0.1) is 6.92 Å². The van der Waals surface area contributed by atoms with E-state index in [-0.39, 0.29) is 0 Å². The summed E-state index contributed by atoms with van der Waals surface area (Å²) in [7, 11) is 0. The van der Waals surface area contributed by atoms with Crippen LogP contribution in [0.4, 0.5) is 11.4 Å². The summed E-state index contributed by atoms with van der Waals surface area (Å²) in [6.45, 7) is 2.03. The molecule has 3 heteroatoms. The van der Waals surface area contributed by atoms with Gasteiger partial charge in [0.1, 0.15) is 0 Å². The molecule has 0 unspecified atom stereocenters. The molecule has 0 radical (unpaired) electrons. The molecule has 1 aromatic carbocycles. The highest BCUT2D eigenvalue weighted by molar-refractivity contribution is 7.98. The van der Waals surface area contributed by atoms with Crippen molar-refractivity contribution in [3.63, 3.8) is 0 Å². The lowest BCUT2D eigenvalue weighted by atomic mass is 10.2. The predicted molar refractivity (Wildman–Crippen MR) is 51.8 cm³/mol. The second-order valence-corrected chi connectivity index (χ2v) is 3.30. The highest BCUT2D eigenvalue weighted by Gasteiger charge is 2.00. The fraction of sp³-hybridized carbons (Fsp3) is 0.250. The monoisotopic (exact) mass is 168 g/mol. The molecule has 0 aromatic heterocycles. The molecule has 0 aliphatic heterocycles. The molecule has 1 aromatic rings. The Morgan fingerprint density at radius 2 is 1.73 bits per heavy atom. The number of aryl methyl sites for hydroxylation is 1. The average molecular weight is 168 g/mol. The molecule has 60 valence electrons. The average Bonchev–Trinajstić information content (AvgIpc) is 1.97. The van der Waals surface area contributed by atoms with E-state index in [1.807, 2.05) is 25.3 Å². The Morgan fingerprint density at radius 1 is 1.18 bits per heavy atom. The number of rotatable bonds is 1. The normalized spacial score (nSPS) is 10.0. The summed E-state index contributed by atoms with van der Waals surface area (Å²) in [5.74, 6) is 0. The van der Waals surface area contributed by atoms with Crippen molar-refractivity contribution in [3.05, 3.63) is 17.7 Å². The van der Waals surface area contributed by atoms with Gasteiger partial charge in [-0.3, -0.25) is 0 Å². The van der Waals surface area contributed by atoms with Crippen LogP contribution in [0.3, 0.4) is 0 Å². The van der Waals surface area contributed by atoms with Gasteiger partial charge in [-0.2, -0.15) is 0 Å². The Balaban J connectivity index is 3.21. The Bertz CT molecular complexity index is 271. The van der Waals surface area contributed by atoms with Crippen molar-refractivity contribution >= 4 is 23.1 Å². The van der Waals surface area contributed by atoms with Crippen molar-refractivity contribution in [3.8, 4) is 0 Å². The van der Waals surface area contributed by atoms with Crippen LogP contribution >= 0.6 is 11.8 Å². The first kappa shape index (κ1) is 8.27. The molecule has 0 fully saturated rings. The molecular formula is C8H12N2S. The summed E-state index contributed by atoms with van der Waals surface area (Å²) in [4.78, 5) is 1.19. The lowest BCUT2D eigenvalue weighted by Gasteiger charge is -2.05. The van der Waals surface area contributed by atoms with E-state index in [0.717, 1.165) is 0 Å². The minimum Gasteiger partial charge on any atom is -0.397 e. The van der Waals surface area contributed by atoms with Gasteiger partial charge in [0.25, 0.3) is 0 Å². The molecular weight excluding hydrogens is 156 g/mol. The van der Waals surface area contributed by atoms with Crippen LogP contribution in [-0.4, -0.2) is 6.26 Å². The standard InChI is InChI=1S/C8H12N2S/c1-5-3-6(9)7(10)4-8(5)11-2/h3-4H,9-10H2,1-2H3. The molecule has 0 atom stereocenters. The van der Waals surface area contributed by atoms with Gasteiger partial charge in [0.05, 0.1) is 11.4 Å². The lowest BCUT2D eigenvalue weighted by molar-refractivity contribution is 1.31. The molecule has 0 bridgehead atoms.